The van der Waals surface area contributed by atoms with Crippen LogP contribution in [0.2, 0.25) is 5.02 Å². The number of hydrogen-bond donors (Lipinski definition) is 1. The Hall–Kier alpha value is -1.55. The molecule has 0 aliphatic heterocycles. The van der Waals surface area contributed by atoms with Crippen molar-refractivity contribution in [3.63, 3.8) is 0 Å². The van der Waals surface area contributed by atoms with Crippen LogP contribution in [-0.2, 0) is 17.9 Å². The van der Waals surface area contributed by atoms with Crippen molar-refractivity contribution in [2.75, 3.05) is 6.79 Å². The fourth-order valence-corrected chi connectivity index (χ4v) is 1.83. The average Bonchev–Trinajstić information content (AvgIpc) is 2.45. The van der Waals surface area contributed by atoms with E-state index in [1.807, 2.05) is 36.4 Å². The number of ether oxygens (including phenoxy) is 2. The van der Waals surface area contributed by atoms with Crippen LogP contribution in [0.3, 0.4) is 0 Å². The molecule has 0 aliphatic rings. The van der Waals surface area contributed by atoms with Gasteiger partial charge in [-0.2, -0.15) is 0 Å². The van der Waals surface area contributed by atoms with Gasteiger partial charge < -0.3 is 15.2 Å². The molecular weight excluding hydrogens is 262 g/mol. The van der Waals surface area contributed by atoms with Gasteiger partial charge in [0.25, 0.3) is 0 Å². The van der Waals surface area contributed by atoms with Crippen LogP contribution in [0, 0.1) is 0 Å². The SMILES string of the molecule is NCc1ccc(Cl)cc1OCOCc1ccccc1. The highest BCUT2D eigenvalue weighted by atomic mass is 35.5. The Labute approximate surface area is 117 Å². The van der Waals surface area contributed by atoms with E-state index in [0.717, 1.165) is 11.1 Å². The van der Waals surface area contributed by atoms with E-state index in [4.69, 9.17) is 26.8 Å². The van der Waals surface area contributed by atoms with Gasteiger partial charge in [-0.1, -0.05) is 48.0 Å². The van der Waals surface area contributed by atoms with E-state index in [1.54, 1.807) is 12.1 Å². The topological polar surface area (TPSA) is 44.5 Å². The summed E-state index contributed by atoms with van der Waals surface area (Å²) in [4.78, 5) is 0. The van der Waals surface area contributed by atoms with Crippen LogP contribution in [0.1, 0.15) is 11.1 Å². The molecule has 0 saturated carbocycles. The third kappa shape index (κ3) is 4.24. The van der Waals surface area contributed by atoms with E-state index >= 15 is 0 Å². The highest BCUT2D eigenvalue weighted by Gasteiger charge is 2.03. The fraction of sp³-hybridized carbons (Fsp3) is 0.200. The van der Waals surface area contributed by atoms with Crippen LogP contribution in [0.25, 0.3) is 0 Å². The second kappa shape index (κ2) is 7.14. The van der Waals surface area contributed by atoms with Crippen molar-refractivity contribution in [2.45, 2.75) is 13.2 Å². The first kappa shape index (κ1) is 13.9. The lowest BCUT2D eigenvalue weighted by molar-refractivity contribution is 0.00456. The molecule has 0 aromatic heterocycles. The van der Waals surface area contributed by atoms with E-state index in [-0.39, 0.29) is 6.79 Å². The van der Waals surface area contributed by atoms with Crippen molar-refractivity contribution in [3.05, 3.63) is 64.7 Å². The zero-order valence-electron chi connectivity index (χ0n) is 10.5. The van der Waals surface area contributed by atoms with Crippen molar-refractivity contribution in [1.29, 1.82) is 0 Å². The van der Waals surface area contributed by atoms with Crippen LogP contribution >= 0.6 is 11.6 Å². The predicted octanol–water partition coefficient (Wildman–Crippen LogP) is 3.35. The van der Waals surface area contributed by atoms with Gasteiger partial charge in [0, 0.05) is 17.1 Å². The first-order chi connectivity index (χ1) is 9.29. The molecule has 2 N–H and O–H groups in total. The van der Waals surface area contributed by atoms with E-state index in [2.05, 4.69) is 0 Å². The molecule has 0 bridgehead atoms. The Balaban J connectivity index is 1.84. The minimum Gasteiger partial charge on any atom is -0.467 e. The van der Waals surface area contributed by atoms with Gasteiger partial charge in [0.1, 0.15) is 5.75 Å². The summed E-state index contributed by atoms with van der Waals surface area (Å²) in [6.45, 7) is 1.09. The van der Waals surface area contributed by atoms with Gasteiger partial charge in [0.05, 0.1) is 6.61 Å². The quantitative estimate of drug-likeness (QED) is 0.650. The highest BCUT2D eigenvalue weighted by Crippen LogP contribution is 2.23. The molecule has 0 unspecified atom stereocenters. The predicted molar refractivity (Wildman–Crippen MR) is 76.1 cm³/mol. The first-order valence-corrected chi connectivity index (χ1v) is 6.40. The van der Waals surface area contributed by atoms with Gasteiger partial charge in [-0.15, -0.1) is 0 Å². The number of rotatable bonds is 6. The van der Waals surface area contributed by atoms with E-state index in [9.17, 15) is 0 Å². The molecule has 0 amide bonds. The van der Waals surface area contributed by atoms with Gasteiger partial charge >= 0.3 is 0 Å². The molecular formula is C15H16ClNO2. The number of hydrogen-bond acceptors (Lipinski definition) is 3. The molecule has 2 aromatic rings. The van der Waals surface area contributed by atoms with Crippen LogP contribution < -0.4 is 10.5 Å². The molecule has 100 valence electrons. The van der Waals surface area contributed by atoms with Crippen molar-refractivity contribution in [3.8, 4) is 5.75 Å². The highest BCUT2D eigenvalue weighted by molar-refractivity contribution is 6.30. The third-order valence-corrected chi connectivity index (χ3v) is 2.89. The molecule has 2 aromatic carbocycles. The summed E-state index contributed by atoms with van der Waals surface area (Å²) in [6.07, 6.45) is 0. The normalized spacial score (nSPS) is 10.4. The standard InChI is InChI=1S/C15H16ClNO2/c16-14-7-6-13(9-17)15(8-14)19-11-18-10-12-4-2-1-3-5-12/h1-8H,9-11,17H2. The van der Waals surface area contributed by atoms with Gasteiger partial charge in [-0.3, -0.25) is 0 Å². The number of halogens is 1. The lowest BCUT2D eigenvalue weighted by Gasteiger charge is -2.11. The maximum atomic E-state index is 5.92. The van der Waals surface area contributed by atoms with Crippen molar-refractivity contribution in [2.24, 2.45) is 5.73 Å². The fourth-order valence-electron chi connectivity index (χ4n) is 1.67. The smallest absolute Gasteiger partial charge is 0.189 e. The van der Waals surface area contributed by atoms with Crippen molar-refractivity contribution in [1.82, 2.24) is 0 Å². The Kier molecular flexibility index (Phi) is 5.21. The molecule has 2 rings (SSSR count). The Morgan fingerprint density at radius 2 is 1.84 bits per heavy atom. The van der Waals surface area contributed by atoms with E-state index in [1.165, 1.54) is 0 Å². The van der Waals surface area contributed by atoms with Gasteiger partial charge in [-0.25, -0.2) is 0 Å². The summed E-state index contributed by atoms with van der Waals surface area (Å²) in [5.74, 6) is 0.670. The second-order valence-electron chi connectivity index (χ2n) is 4.05. The van der Waals surface area contributed by atoms with Crippen LogP contribution in [-0.4, -0.2) is 6.79 Å². The van der Waals surface area contributed by atoms with Crippen molar-refractivity contribution >= 4 is 11.6 Å². The maximum Gasteiger partial charge on any atom is 0.189 e. The zero-order chi connectivity index (χ0) is 13.5. The molecule has 4 heteroatoms. The summed E-state index contributed by atoms with van der Waals surface area (Å²) >= 11 is 5.92. The Bertz CT molecular complexity index is 517. The number of benzene rings is 2. The van der Waals surface area contributed by atoms with Crippen LogP contribution in [0.4, 0.5) is 0 Å². The van der Waals surface area contributed by atoms with Gasteiger partial charge in [-0.05, 0) is 17.7 Å². The largest absolute Gasteiger partial charge is 0.467 e. The zero-order valence-corrected chi connectivity index (χ0v) is 11.3. The lowest BCUT2D eigenvalue weighted by Crippen LogP contribution is -2.06. The van der Waals surface area contributed by atoms with Gasteiger partial charge in [0.15, 0.2) is 6.79 Å². The van der Waals surface area contributed by atoms with E-state index < -0.39 is 0 Å². The van der Waals surface area contributed by atoms with Crippen LogP contribution in [0.5, 0.6) is 5.75 Å². The molecule has 0 atom stereocenters. The van der Waals surface area contributed by atoms with Gasteiger partial charge in [0.2, 0.25) is 0 Å². The summed E-state index contributed by atoms with van der Waals surface area (Å²) in [5.41, 5.74) is 7.65. The molecule has 0 fully saturated rings. The molecule has 0 saturated heterocycles. The number of nitrogens with two attached hydrogens (primary N) is 1. The second-order valence-corrected chi connectivity index (χ2v) is 4.49. The maximum absolute atomic E-state index is 5.92. The average molecular weight is 278 g/mol. The van der Waals surface area contributed by atoms with Crippen molar-refractivity contribution < 1.29 is 9.47 Å². The van der Waals surface area contributed by atoms with E-state index in [0.29, 0.717) is 23.9 Å². The summed E-state index contributed by atoms with van der Waals surface area (Å²) in [5, 5.41) is 0.621. The summed E-state index contributed by atoms with van der Waals surface area (Å²) in [6, 6.07) is 15.3. The lowest BCUT2D eigenvalue weighted by atomic mass is 10.2. The molecule has 19 heavy (non-hydrogen) atoms. The Morgan fingerprint density at radius 3 is 2.58 bits per heavy atom. The summed E-state index contributed by atoms with van der Waals surface area (Å²) < 4.78 is 11.0. The third-order valence-electron chi connectivity index (χ3n) is 2.66. The molecule has 0 aliphatic carbocycles. The van der Waals surface area contributed by atoms with Crippen LogP contribution in [0.15, 0.2) is 48.5 Å². The monoisotopic (exact) mass is 277 g/mol. The minimum absolute atomic E-state index is 0.169. The molecule has 3 nitrogen and oxygen atoms in total. The molecule has 0 spiro atoms. The first-order valence-electron chi connectivity index (χ1n) is 6.02. The summed E-state index contributed by atoms with van der Waals surface area (Å²) in [7, 11) is 0. The molecule has 0 radical (unpaired) electrons. The minimum atomic E-state index is 0.169. The Morgan fingerprint density at radius 1 is 1.05 bits per heavy atom. The molecule has 0 heterocycles.